The number of anilines is 1. The zero-order valence-electron chi connectivity index (χ0n) is 31.5. The smallest absolute Gasteiger partial charge is 0.263 e. The molecule has 0 N–H and O–H groups in total. The molecule has 4 heterocycles. The summed E-state index contributed by atoms with van der Waals surface area (Å²) in [5.41, 5.74) is 0.507. The zero-order chi connectivity index (χ0) is 37.4. The van der Waals surface area contributed by atoms with Crippen LogP contribution >= 0.6 is 0 Å². The molecule has 0 radical (unpaired) electrons. The molecular weight excluding hydrogens is 676 g/mol. The van der Waals surface area contributed by atoms with Gasteiger partial charge >= 0.3 is 0 Å². The largest absolute Gasteiger partial charge is 0.494 e. The van der Waals surface area contributed by atoms with E-state index in [0.29, 0.717) is 53.7 Å². The van der Waals surface area contributed by atoms with E-state index in [9.17, 15) is 18.4 Å². The summed E-state index contributed by atoms with van der Waals surface area (Å²) in [7, 11) is 0. The first-order valence-corrected chi connectivity index (χ1v) is 19.6. The third-order valence-corrected chi connectivity index (χ3v) is 11.0. The second-order valence-electron chi connectivity index (χ2n) is 14.6. The van der Waals surface area contributed by atoms with E-state index in [1.54, 1.807) is 29.7 Å². The molecule has 3 aliphatic heterocycles. The first kappa shape index (κ1) is 38.3. The number of ether oxygens (including phenoxy) is 3. The molecular formula is C43H54F2N3O5+. The van der Waals surface area contributed by atoms with Crippen LogP contribution in [0.2, 0.25) is 0 Å². The number of hydrogen-bond donors (Lipinski definition) is 0. The van der Waals surface area contributed by atoms with Crippen molar-refractivity contribution in [1.29, 1.82) is 0 Å². The minimum atomic E-state index is -0.818. The van der Waals surface area contributed by atoms with Crippen LogP contribution in [0.4, 0.5) is 14.5 Å². The Morgan fingerprint density at radius 2 is 1.40 bits per heavy atom. The van der Waals surface area contributed by atoms with Crippen LogP contribution < -0.4 is 24.5 Å². The number of hydrogen-bond acceptors (Lipinski definition) is 5. The Balaban J connectivity index is 1.20. The fraction of sp³-hybridized carbons (Fsp3) is 0.488. The first-order valence-electron chi connectivity index (χ1n) is 19.6. The van der Waals surface area contributed by atoms with E-state index < -0.39 is 23.0 Å². The molecule has 0 spiro atoms. The van der Waals surface area contributed by atoms with Gasteiger partial charge in [-0.15, -0.1) is 0 Å². The number of carbonyl (C=O) groups is 1. The van der Waals surface area contributed by atoms with Gasteiger partial charge in [-0.05, 0) is 89.5 Å². The molecule has 284 valence electrons. The standard InChI is InChI=1S/C43H54F2N3O5/c1-4-46(34-24-32(44)23-33(45)25-34)43(50)40-30-47(35-26-37(51-5-2)28-38(27-35)52-6-3)41-29-36(13-14-39(41)42(40)49)53-22-12-10-8-7-9-11-18-48-19-15-31(16-20-48)17-21-48/h13-14,23-31H,4-12,15-22H2,1-3H3/q+1. The molecule has 8 nitrogen and oxygen atoms in total. The number of aromatic nitrogens is 1. The Morgan fingerprint density at radius 3 is 2.02 bits per heavy atom. The molecule has 1 amide bonds. The summed E-state index contributed by atoms with van der Waals surface area (Å²) in [6, 6.07) is 13.6. The van der Waals surface area contributed by atoms with Crippen molar-refractivity contribution in [2.45, 2.75) is 78.6 Å². The number of unbranched alkanes of at least 4 members (excludes halogenated alkanes) is 5. The summed E-state index contributed by atoms with van der Waals surface area (Å²) in [6.07, 6.45) is 12.9. The van der Waals surface area contributed by atoms with Crippen molar-refractivity contribution in [3.8, 4) is 22.9 Å². The molecule has 0 atom stereocenters. The maximum Gasteiger partial charge on any atom is 0.263 e. The van der Waals surface area contributed by atoms with Crippen molar-refractivity contribution in [1.82, 2.24) is 4.57 Å². The number of fused-ring (bicyclic) bond motifs is 4. The minimum Gasteiger partial charge on any atom is -0.494 e. The number of pyridine rings is 1. The fourth-order valence-corrected chi connectivity index (χ4v) is 8.16. The third-order valence-electron chi connectivity index (χ3n) is 11.0. The lowest BCUT2D eigenvalue weighted by Gasteiger charge is -2.49. The molecule has 3 aromatic carbocycles. The summed E-state index contributed by atoms with van der Waals surface area (Å²) < 4.78 is 49.4. The number of halogens is 2. The average molecular weight is 731 g/mol. The number of benzene rings is 3. The van der Waals surface area contributed by atoms with Gasteiger partial charge in [0, 0.05) is 54.1 Å². The molecule has 53 heavy (non-hydrogen) atoms. The van der Waals surface area contributed by atoms with Crippen LogP contribution in [0.1, 0.15) is 88.9 Å². The second-order valence-corrected chi connectivity index (χ2v) is 14.6. The van der Waals surface area contributed by atoms with E-state index in [-0.39, 0.29) is 17.8 Å². The van der Waals surface area contributed by atoms with Gasteiger partial charge in [-0.25, -0.2) is 8.78 Å². The number of amides is 1. The lowest BCUT2D eigenvalue weighted by molar-refractivity contribution is -0.942. The van der Waals surface area contributed by atoms with Gasteiger partial charge in [0.15, 0.2) is 0 Å². The fourth-order valence-electron chi connectivity index (χ4n) is 8.16. The number of piperidine rings is 3. The average Bonchev–Trinajstić information content (AvgIpc) is 3.15. The summed E-state index contributed by atoms with van der Waals surface area (Å²) in [5, 5.41) is 0.295. The number of rotatable bonds is 18. The van der Waals surface area contributed by atoms with Crippen LogP contribution in [0.15, 0.2) is 65.6 Å². The van der Waals surface area contributed by atoms with Gasteiger partial charge in [0.2, 0.25) is 5.43 Å². The van der Waals surface area contributed by atoms with Gasteiger partial charge in [0.25, 0.3) is 5.91 Å². The molecule has 0 unspecified atom stereocenters. The van der Waals surface area contributed by atoms with Crippen LogP contribution in [-0.4, -0.2) is 67.5 Å². The Bertz CT molecular complexity index is 1880. The molecule has 2 bridgehead atoms. The van der Waals surface area contributed by atoms with Crippen molar-refractivity contribution < 1.29 is 32.3 Å². The number of carbonyl (C=O) groups excluding carboxylic acids is 1. The molecule has 1 aromatic heterocycles. The van der Waals surface area contributed by atoms with Gasteiger partial charge in [-0.3, -0.25) is 9.59 Å². The van der Waals surface area contributed by atoms with Crippen LogP contribution in [0.5, 0.6) is 17.2 Å². The van der Waals surface area contributed by atoms with E-state index in [0.717, 1.165) is 37.0 Å². The molecule has 3 aliphatic rings. The number of quaternary nitrogens is 1. The summed E-state index contributed by atoms with van der Waals surface area (Å²) in [5.74, 6) is 0.427. The van der Waals surface area contributed by atoms with Crippen LogP contribution in [0.25, 0.3) is 16.6 Å². The van der Waals surface area contributed by atoms with E-state index in [1.807, 2.05) is 32.0 Å². The van der Waals surface area contributed by atoms with Crippen molar-refractivity contribution in [3.05, 3.63) is 88.2 Å². The van der Waals surface area contributed by atoms with Crippen LogP contribution in [-0.2, 0) is 0 Å². The van der Waals surface area contributed by atoms with Gasteiger partial charge in [-0.2, -0.15) is 0 Å². The Kier molecular flexibility index (Phi) is 12.7. The summed E-state index contributed by atoms with van der Waals surface area (Å²) in [6.45, 7) is 12.5. The van der Waals surface area contributed by atoms with Crippen molar-refractivity contribution in [2.24, 2.45) is 5.92 Å². The van der Waals surface area contributed by atoms with Crippen molar-refractivity contribution >= 4 is 22.5 Å². The highest BCUT2D eigenvalue weighted by Crippen LogP contribution is 2.34. The normalized spacial score (nSPS) is 17.9. The minimum absolute atomic E-state index is 0.0203. The maximum atomic E-state index is 14.2. The van der Waals surface area contributed by atoms with Gasteiger partial charge in [0.05, 0.1) is 57.2 Å². The van der Waals surface area contributed by atoms with Crippen molar-refractivity contribution in [2.75, 3.05) is 57.4 Å². The summed E-state index contributed by atoms with van der Waals surface area (Å²) >= 11 is 0. The molecule has 3 fully saturated rings. The van der Waals surface area contributed by atoms with Crippen LogP contribution in [0.3, 0.4) is 0 Å². The predicted octanol–water partition coefficient (Wildman–Crippen LogP) is 9.08. The molecule has 7 rings (SSSR count). The Labute approximate surface area is 311 Å². The Hall–Kier alpha value is -4.44. The van der Waals surface area contributed by atoms with E-state index in [2.05, 4.69) is 0 Å². The quantitative estimate of drug-likeness (QED) is 0.0755. The molecule has 4 aromatic rings. The van der Waals surface area contributed by atoms with Gasteiger partial charge < -0.3 is 28.2 Å². The van der Waals surface area contributed by atoms with Gasteiger partial charge in [0.1, 0.15) is 34.4 Å². The molecule has 0 saturated carbocycles. The second kappa shape index (κ2) is 17.6. The van der Waals surface area contributed by atoms with Gasteiger partial charge in [-0.1, -0.05) is 19.3 Å². The monoisotopic (exact) mass is 730 g/mol. The van der Waals surface area contributed by atoms with E-state index in [4.69, 9.17) is 14.2 Å². The first-order chi connectivity index (χ1) is 25.7. The SMILES string of the molecule is CCOc1cc(OCC)cc(-n2cc(C(=O)N(CC)c3cc(F)cc(F)c3)c(=O)c3ccc(OCCCCCCCC[N+]45CCC(CC4)CC5)cc32)c1. The lowest BCUT2D eigenvalue weighted by Crippen LogP contribution is -2.58. The topological polar surface area (TPSA) is 70.0 Å². The maximum absolute atomic E-state index is 14.2. The molecule has 3 saturated heterocycles. The van der Waals surface area contributed by atoms with E-state index in [1.165, 1.54) is 86.7 Å². The third kappa shape index (κ3) is 9.21. The highest BCUT2D eigenvalue weighted by molar-refractivity contribution is 6.07. The molecule has 10 heteroatoms. The van der Waals surface area contributed by atoms with Crippen molar-refractivity contribution in [3.63, 3.8) is 0 Å². The van der Waals surface area contributed by atoms with Crippen LogP contribution in [0, 0.1) is 17.6 Å². The highest BCUT2D eigenvalue weighted by atomic mass is 19.1. The summed E-state index contributed by atoms with van der Waals surface area (Å²) in [4.78, 5) is 29.2. The van der Waals surface area contributed by atoms with E-state index >= 15 is 0 Å². The predicted molar refractivity (Wildman–Crippen MR) is 206 cm³/mol. The number of nitrogens with zero attached hydrogens (tertiary/aromatic N) is 3. The zero-order valence-corrected chi connectivity index (χ0v) is 31.5. The lowest BCUT2D eigenvalue weighted by atomic mass is 9.85. The molecule has 0 aliphatic carbocycles. The Morgan fingerprint density at radius 1 is 0.774 bits per heavy atom. The highest BCUT2D eigenvalue weighted by Gasteiger charge is 2.38.